The van der Waals surface area contributed by atoms with Gasteiger partial charge in [0, 0.05) is 16.1 Å². The van der Waals surface area contributed by atoms with Gasteiger partial charge in [-0.3, -0.25) is 0 Å². The van der Waals surface area contributed by atoms with Gasteiger partial charge < -0.3 is 14.6 Å². The SMILES string of the molecule is COc1ccc(OC)c(-c2ccc(Cl)cc2C(=O)O)c1. The standard InChI is InChI=1S/C15H13ClO4/c1-19-10-4-6-14(20-2)12(8-10)11-5-3-9(16)7-13(11)15(17)18/h3-8H,1-2H3,(H,17,18). The fraction of sp³-hybridized carbons (Fsp3) is 0.133. The summed E-state index contributed by atoms with van der Waals surface area (Å²) in [6, 6.07) is 9.92. The maximum absolute atomic E-state index is 11.4. The van der Waals surface area contributed by atoms with Crippen molar-refractivity contribution in [3.63, 3.8) is 0 Å². The smallest absolute Gasteiger partial charge is 0.336 e. The molecule has 1 N–H and O–H groups in total. The topological polar surface area (TPSA) is 55.8 Å². The summed E-state index contributed by atoms with van der Waals surface area (Å²) in [5, 5.41) is 9.68. The van der Waals surface area contributed by atoms with E-state index >= 15 is 0 Å². The van der Waals surface area contributed by atoms with Crippen molar-refractivity contribution in [1.82, 2.24) is 0 Å². The first-order valence-electron chi connectivity index (χ1n) is 5.82. The van der Waals surface area contributed by atoms with Gasteiger partial charge in [0.2, 0.25) is 0 Å². The number of methoxy groups -OCH3 is 2. The van der Waals surface area contributed by atoms with E-state index in [0.29, 0.717) is 27.6 Å². The molecular formula is C15H13ClO4. The highest BCUT2D eigenvalue weighted by molar-refractivity contribution is 6.31. The van der Waals surface area contributed by atoms with Gasteiger partial charge in [-0.1, -0.05) is 17.7 Å². The Balaban J connectivity index is 2.69. The summed E-state index contributed by atoms with van der Waals surface area (Å²) in [7, 11) is 3.08. The lowest BCUT2D eigenvalue weighted by Gasteiger charge is -2.13. The van der Waals surface area contributed by atoms with Crippen LogP contribution < -0.4 is 9.47 Å². The van der Waals surface area contributed by atoms with Crippen LogP contribution in [0, 0.1) is 0 Å². The number of hydrogen-bond acceptors (Lipinski definition) is 3. The molecule has 0 amide bonds. The molecule has 0 aliphatic rings. The Labute approximate surface area is 121 Å². The summed E-state index contributed by atoms with van der Waals surface area (Å²) in [5.74, 6) is 0.134. The zero-order chi connectivity index (χ0) is 14.7. The Hall–Kier alpha value is -2.20. The summed E-state index contributed by atoms with van der Waals surface area (Å²) >= 11 is 5.86. The van der Waals surface area contributed by atoms with Gasteiger partial charge in [0.1, 0.15) is 11.5 Å². The summed E-state index contributed by atoms with van der Waals surface area (Å²) in [6.45, 7) is 0. The number of halogens is 1. The molecule has 0 aromatic heterocycles. The lowest BCUT2D eigenvalue weighted by atomic mass is 9.98. The van der Waals surface area contributed by atoms with Crippen molar-refractivity contribution >= 4 is 17.6 Å². The fourth-order valence-electron chi connectivity index (χ4n) is 1.95. The fourth-order valence-corrected chi connectivity index (χ4v) is 2.12. The summed E-state index contributed by atoms with van der Waals surface area (Å²) in [4.78, 5) is 11.4. The first-order valence-corrected chi connectivity index (χ1v) is 6.20. The lowest BCUT2D eigenvalue weighted by Crippen LogP contribution is -2.01. The van der Waals surface area contributed by atoms with Gasteiger partial charge >= 0.3 is 5.97 Å². The number of carboxylic acids is 1. The number of carboxylic acid groups (broad SMARTS) is 1. The van der Waals surface area contributed by atoms with E-state index in [1.165, 1.54) is 13.2 Å². The van der Waals surface area contributed by atoms with Gasteiger partial charge in [0.05, 0.1) is 19.8 Å². The van der Waals surface area contributed by atoms with Gasteiger partial charge in [-0.15, -0.1) is 0 Å². The van der Waals surface area contributed by atoms with E-state index in [4.69, 9.17) is 21.1 Å². The van der Waals surface area contributed by atoms with Crippen LogP contribution in [0.15, 0.2) is 36.4 Å². The Morgan fingerprint density at radius 1 is 1.05 bits per heavy atom. The molecule has 0 heterocycles. The maximum Gasteiger partial charge on any atom is 0.336 e. The van der Waals surface area contributed by atoms with Crippen LogP contribution in [0.25, 0.3) is 11.1 Å². The number of rotatable bonds is 4. The highest BCUT2D eigenvalue weighted by atomic mass is 35.5. The number of carbonyl (C=O) groups is 1. The Kier molecular flexibility index (Phi) is 4.15. The van der Waals surface area contributed by atoms with Crippen molar-refractivity contribution in [2.45, 2.75) is 0 Å². The molecule has 2 aromatic rings. The molecule has 0 atom stereocenters. The number of benzene rings is 2. The average molecular weight is 293 g/mol. The van der Waals surface area contributed by atoms with E-state index in [1.807, 2.05) is 0 Å². The lowest BCUT2D eigenvalue weighted by molar-refractivity contribution is 0.0697. The van der Waals surface area contributed by atoms with Crippen LogP contribution in [0.5, 0.6) is 11.5 Å². The Morgan fingerprint density at radius 3 is 2.40 bits per heavy atom. The Morgan fingerprint density at radius 2 is 1.80 bits per heavy atom. The third-order valence-electron chi connectivity index (χ3n) is 2.91. The van der Waals surface area contributed by atoms with Crippen molar-refractivity contribution in [3.05, 3.63) is 47.0 Å². The highest BCUT2D eigenvalue weighted by Gasteiger charge is 2.16. The van der Waals surface area contributed by atoms with Crippen molar-refractivity contribution in [1.29, 1.82) is 0 Å². The van der Waals surface area contributed by atoms with Crippen LogP contribution in [0.2, 0.25) is 5.02 Å². The molecule has 0 fully saturated rings. The molecular weight excluding hydrogens is 280 g/mol. The van der Waals surface area contributed by atoms with Gasteiger partial charge in [-0.25, -0.2) is 4.79 Å². The molecule has 0 bridgehead atoms. The average Bonchev–Trinajstić information content (AvgIpc) is 2.46. The molecule has 0 spiro atoms. The molecule has 2 aromatic carbocycles. The van der Waals surface area contributed by atoms with Crippen LogP contribution >= 0.6 is 11.6 Å². The minimum absolute atomic E-state index is 0.115. The zero-order valence-corrected chi connectivity index (χ0v) is 11.8. The van der Waals surface area contributed by atoms with Crippen molar-refractivity contribution in [2.24, 2.45) is 0 Å². The van der Waals surface area contributed by atoms with Crippen LogP contribution in [-0.4, -0.2) is 25.3 Å². The molecule has 20 heavy (non-hydrogen) atoms. The maximum atomic E-state index is 11.4. The molecule has 2 rings (SSSR count). The van der Waals surface area contributed by atoms with E-state index in [2.05, 4.69) is 0 Å². The number of ether oxygens (including phenoxy) is 2. The van der Waals surface area contributed by atoms with Crippen molar-refractivity contribution < 1.29 is 19.4 Å². The molecule has 0 saturated carbocycles. The van der Waals surface area contributed by atoms with Crippen LogP contribution in [0.3, 0.4) is 0 Å². The minimum atomic E-state index is -1.05. The van der Waals surface area contributed by atoms with Crippen molar-refractivity contribution in [2.75, 3.05) is 14.2 Å². The quantitative estimate of drug-likeness (QED) is 0.933. The van der Waals surface area contributed by atoms with E-state index in [0.717, 1.165) is 0 Å². The first-order chi connectivity index (χ1) is 9.56. The third kappa shape index (κ3) is 2.70. The van der Waals surface area contributed by atoms with Gasteiger partial charge in [-0.2, -0.15) is 0 Å². The second-order valence-corrected chi connectivity index (χ2v) is 4.50. The number of aromatic carboxylic acids is 1. The highest BCUT2D eigenvalue weighted by Crippen LogP contribution is 2.36. The Bertz CT molecular complexity index is 652. The largest absolute Gasteiger partial charge is 0.497 e. The molecule has 4 nitrogen and oxygen atoms in total. The van der Waals surface area contributed by atoms with E-state index in [9.17, 15) is 9.90 Å². The monoisotopic (exact) mass is 292 g/mol. The normalized spacial score (nSPS) is 10.2. The van der Waals surface area contributed by atoms with Crippen LogP contribution in [0.1, 0.15) is 10.4 Å². The summed E-state index contributed by atoms with van der Waals surface area (Å²) in [6.07, 6.45) is 0. The van der Waals surface area contributed by atoms with E-state index in [-0.39, 0.29) is 5.56 Å². The van der Waals surface area contributed by atoms with Crippen molar-refractivity contribution in [3.8, 4) is 22.6 Å². The summed E-state index contributed by atoms with van der Waals surface area (Å²) < 4.78 is 10.5. The van der Waals surface area contributed by atoms with Gasteiger partial charge in [0.25, 0.3) is 0 Å². The molecule has 0 aliphatic heterocycles. The molecule has 0 unspecified atom stereocenters. The first kappa shape index (κ1) is 14.2. The predicted molar refractivity (Wildman–Crippen MR) is 77.0 cm³/mol. The minimum Gasteiger partial charge on any atom is -0.497 e. The zero-order valence-electron chi connectivity index (χ0n) is 11.0. The molecule has 0 aliphatic carbocycles. The predicted octanol–water partition coefficient (Wildman–Crippen LogP) is 3.72. The van der Waals surface area contributed by atoms with Gasteiger partial charge in [-0.05, 0) is 30.3 Å². The second-order valence-electron chi connectivity index (χ2n) is 4.06. The molecule has 0 radical (unpaired) electrons. The molecule has 0 saturated heterocycles. The van der Waals surface area contributed by atoms with Crippen LogP contribution in [0.4, 0.5) is 0 Å². The molecule has 104 valence electrons. The van der Waals surface area contributed by atoms with E-state index < -0.39 is 5.97 Å². The number of hydrogen-bond donors (Lipinski definition) is 1. The van der Waals surface area contributed by atoms with E-state index in [1.54, 1.807) is 37.4 Å². The van der Waals surface area contributed by atoms with Gasteiger partial charge in [0.15, 0.2) is 0 Å². The third-order valence-corrected chi connectivity index (χ3v) is 3.14. The summed E-state index contributed by atoms with van der Waals surface area (Å²) in [5.41, 5.74) is 1.28. The van der Waals surface area contributed by atoms with Crippen LogP contribution in [-0.2, 0) is 0 Å². The molecule has 5 heteroatoms. The second kappa shape index (κ2) is 5.84.